The Morgan fingerprint density at radius 3 is 2.61 bits per heavy atom. The summed E-state index contributed by atoms with van der Waals surface area (Å²) in [6.45, 7) is 1.90. The Kier molecular flexibility index (Phi) is 3.73. The van der Waals surface area contributed by atoms with Crippen molar-refractivity contribution >= 4 is 23.9 Å². The Bertz CT molecular complexity index is 598. The second kappa shape index (κ2) is 5.46. The maximum Gasteiger partial charge on any atom is 0.238 e. The number of H-pyrrole nitrogens is 2. The molecule has 2 aromatic rings. The van der Waals surface area contributed by atoms with Crippen LogP contribution in [0.2, 0.25) is 0 Å². The maximum atomic E-state index is 5.09. The first-order valence-electron chi connectivity index (χ1n) is 5.28. The Morgan fingerprint density at radius 1 is 1.33 bits per heavy atom. The standard InChI is InChI=1S/C11H13N5OS/c1-7(8-3-5-9(17-2)6-4-8)13-14-10-12-11(18)16-15-10/h3-6H,1-2H3,(H3,12,14,15,16,18)/b13-7-. The topological polar surface area (TPSA) is 78.1 Å². The highest BCUT2D eigenvalue weighted by Crippen LogP contribution is 2.12. The van der Waals surface area contributed by atoms with Crippen LogP contribution in [0.5, 0.6) is 5.75 Å². The van der Waals surface area contributed by atoms with Gasteiger partial charge in [-0.1, -0.05) is 0 Å². The van der Waals surface area contributed by atoms with Crippen molar-refractivity contribution in [2.45, 2.75) is 6.92 Å². The molecular formula is C11H13N5OS. The number of hydrogen-bond acceptors (Lipinski definition) is 5. The summed E-state index contributed by atoms with van der Waals surface area (Å²) in [5.41, 5.74) is 4.62. The predicted octanol–water partition coefficient (Wildman–Crippen LogP) is 2.31. The molecule has 0 aliphatic heterocycles. The van der Waals surface area contributed by atoms with Crippen molar-refractivity contribution < 1.29 is 4.74 Å². The van der Waals surface area contributed by atoms with E-state index in [2.05, 4.69) is 25.7 Å². The number of hydrogen-bond donors (Lipinski definition) is 3. The van der Waals surface area contributed by atoms with E-state index in [9.17, 15) is 0 Å². The van der Waals surface area contributed by atoms with Crippen molar-refractivity contribution in [3.63, 3.8) is 0 Å². The van der Waals surface area contributed by atoms with Gasteiger partial charge in [0.15, 0.2) is 0 Å². The highest BCUT2D eigenvalue weighted by molar-refractivity contribution is 7.71. The van der Waals surface area contributed by atoms with Gasteiger partial charge < -0.3 is 4.74 Å². The van der Waals surface area contributed by atoms with Gasteiger partial charge in [-0.15, -0.1) is 0 Å². The zero-order valence-electron chi connectivity index (χ0n) is 10.0. The van der Waals surface area contributed by atoms with Gasteiger partial charge in [0.05, 0.1) is 12.8 Å². The van der Waals surface area contributed by atoms with Gasteiger partial charge in [0.25, 0.3) is 0 Å². The molecule has 94 valence electrons. The first kappa shape index (κ1) is 12.3. The quantitative estimate of drug-likeness (QED) is 0.449. The number of methoxy groups -OCH3 is 1. The fourth-order valence-electron chi connectivity index (χ4n) is 1.36. The largest absolute Gasteiger partial charge is 0.497 e. The SMILES string of the molecule is COc1ccc(/C(C)=N\Nc2nc(=S)[nH][nH]2)cc1. The maximum absolute atomic E-state index is 5.09. The Balaban J connectivity index is 2.09. The zero-order chi connectivity index (χ0) is 13.0. The van der Waals surface area contributed by atoms with Crippen molar-refractivity contribution in [2.75, 3.05) is 12.5 Å². The summed E-state index contributed by atoms with van der Waals surface area (Å²) in [6.07, 6.45) is 0. The highest BCUT2D eigenvalue weighted by atomic mass is 32.1. The number of rotatable bonds is 4. The molecule has 0 saturated carbocycles. The number of anilines is 1. The van der Waals surface area contributed by atoms with Gasteiger partial charge in [0, 0.05) is 0 Å². The van der Waals surface area contributed by atoms with Gasteiger partial charge in [-0.2, -0.15) is 10.1 Å². The number of benzene rings is 1. The molecule has 0 spiro atoms. The van der Waals surface area contributed by atoms with Crippen molar-refractivity contribution in [3.8, 4) is 5.75 Å². The summed E-state index contributed by atoms with van der Waals surface area (Å²) < 4.78 is 5.48. The number of aromatic amines is 2. The van der Waals surface area contributed by atoms with E-state index in [1.165, 1.54) is 0 Å². The second-order valence-corrected chi connectivity index (χ2v) is 3.94. The molecule has 7 heteroatoms. The van der Waals surface area contributed by atoms with E-state index in [1.54, 1.807) is 7.11 Å². The summed E-state index contributed by atoms with van der Waals surface area (Å²) in [4.78, 5) is 3.97. The number of ether oxygens (including phenoxy) is 1. The molecular weight excluding hydrogens is 250 g/mol. The average molecular weight is 263 g/mol. The summed E-state index contributed by atoms with van der Waals surface area (Å²) in [7, 11) is 1.64. The normalized spacial score (nSPS) is 11.3. The van der Waals surface area contributed by atoms with E-state index >= 15 is 0 Å². The van der Waals surface area contributed by atoms with Crippen LogP contribution in [0.25, 0.3) is 0 Å². The minimum Gasteiger partial charge on any atom is -0.497 e. The summed E-state index contributed by atoms with van der Waals surface area (Å²) in [5.74, 6) is 1.30. The molecule has 18 heavy (non-hydrogen) atoms. The molecule has 2 rings (SSSR count). The minimum atomic E-state index is 0.384. The van der Waals surface area contributed by atoms with Crippen LogP contribution in [-0.4, -0.2) is 28.0 Å². The first-order chi connectivity index (χ1) is 8.69. The molecule has 0 fully saturated rings. The predicted molar refractivity (Wildman–Crippen MR) is 72.6 cm³/mol. The van der Waals surface area contributed by atoms with Crippen LogP contribution in [-0.2, 0) is 0 Å². The lowest BCUT2D eigenvalue weighted by Crippen LogP contribution is -2.00. The number of hydrazone groups is 1. The Hall–Kier alpha value is -2.15. The Labute approximate surface area is 109 Å². The monoisotopic (exact) mass is 263 g/mol. The van der Waals surface area contributed by atoms with Crippen molar-refractivity contribution in [3.05, 3.63) is 34.6 Å². The van der Waals surface area contributed by atoms with Crippen molar-refractivity contribution in [1.82, 2.24) is 15.2 Å². The lowest BCUT2D eigenvalue weighted by atomic mass is 10.1. The molecule has 0 aliphatic rings. The molecule has 1 aromatic heterocycles. The van der Waals surface area contributed by atoms with Crippen LogP contribution in [0.15, 0.2) is 29.4 Å². The molecule has 0 unspecified atom stereocenters. The van der Waals surface area contributed by atoms with Crippen LogP contribution in [0.3, 0.4) is 0 Å². The van der Waals surface area contributed by atoms with E-state index in [4.69, 9.17) is 17.0 Å². The van der Waals surface area contributed by atoms with E-state index < -0.39 is 0 Å². The molecule has 1 heterocycles. The third kappa shape index (κ3) is 2.95. The van der Waals surface area contributed by atoms with Gasteiger partial charge in [0.2, 0.25) is 10.7 Å². The number of nitrogens with one attached hydrogen (secondary N) is 3. The number of nitrogens with zero attached hydrogens (tertiary/aromatic N) is 2. The van der Waals surface area contributed by atoms with Gasteiger partial charge in [0.1, 0.15) is 5.75 Å². The van der Waals surface area contributed by atoms with Gasteiger partial charge in [-0.3, -0.25) is 10.2 Å². The molecule has 6 nitrogen and oxygen atoms in total. The molecule has 0 atom stereocenters. The van der Waals surface area contributed by atoms with Crippen LogP contribution in [0, 0.1) is 4.77 Å². The van der Waals surface area contributed by atoms with Crippen LogP contribution in [0.1, 0.15) is 12.5 Å². The molecule has 0 saturated heterocycles. The fourth-order valence-corrected chi connectivity index (χ4v) is 1.50. The molecule has 0 amide bonds. The third-order valence-corrected chi connectivity index (χ3v) is 2.53. The fraction of sp³-hybridized carbons (Fsp3) is 0.182. The number of aromatic nitrogens is 3. The Morgan fingerprint density at radius 2 is 2.06 bits per heavy atom. The minimum absolute atomic E-state index is 0.384. The lowest BCUT2D eigenvalue weighted by Gasteiger charge is -2.03. The summed E-state index contributed by atoms with van der Waals surface area (Å²) in [5, 5.41) is 9.63. The lowest BCUT2D eigenvalue weighted by molar-refractivity contribution is 0.415. The van der Waals surface area contributed by atoms with Gasteiger partial charge in [-0.25, -0.2) is 5.43 Å². The van der Waals surface area contributed by atoms with Gasteiger partial charge in [-0.05, 0) is 49.0 Å². The van der Waals surface area contributed by atoms with E-state index in [1.807, 2.05) is 31.2 Å². The molecule has 1 aromatic carbocycles. The first-order valence-corrected chi connectivity index (χ1v) is 5.69. The van der Waals surface area contributed by atoms with E-state index in [0.717, 1.165) is 17.0 Å². The van der Waals surface area contributed by atoms with Crippen LogP contribution in [0.4, 0.5) is 5.95 Å². The molecule has 0 bridgehead atoms. The van der Waals surface area contributed by atoms with Crippen molar-refractivity contribution in [1.29, 1.82) is 0 Å². The van der Waals surface area contributed by atoms with Crippen LogP contribution >= 0.6 is 12.2 Å². The van der Waals surface area contributed by atoms with Crippen LogP contribution < -0.4 is 10.2 Å². The second-order valence-electron chi connectivity index (χ2n) is 3.55. The molecule has 0 radical (unpaired) electrons. The third-order valence-electron chi connectivity index (χ3n) is 2.34. The van der Waals surface area contributed by atoms with E-state index in [0.29, 0.717) is 10.7 Å². The smallest absolute Gasteiger partial charge is 0.238 e. The average Bonchev–Trinajstić information content (AvgIpc) is 2.82. The van der Waals surface area contributed by atoms with Gasteiger partial charge >= 0.3 is 0 Å². The zero-order valence-corrected chi connectivity index (χ0v) is 10.8. The molecule has 3 N–H and O–H groups in total. The summed E-state index contributed by atoms with van der Waals surface area (Å²) >= 11 is 4.83. The summed E-state index contributed by atoms with van der Waals surface area (Å²) in [6, 6.07) is 7.64. The molecule has 0 aliphatic carbocycles. The van der Waals surface area contributed by atoms with E-state index in [-0.39, 0.29) is 0 Å². The van der Waals surface area contributed by atoms with Crippen molar-refractivity contribution in [2.24, 2.45) is 5.10 Å². The highest BCUT2D eigenvalue weighted by Gasteiger charge is 1.99.